The van der Waals surface area contributed by atoms with Crippen LogP contribution in [0.5, 0.6) is 11.5 Å². The van der Waals surface area contributed by atoms with Gasteiger partial charge in [-0.15, -0.1) is 0 Å². The van der Waals surface area contributed by atoms with Crippen LogP contribution in [0.3, 0.4) is 0 Å². The summed E-state index contributed by atoms with van der Waals surface area (Å²) in [5.41, 5.74) is 0. The molecule has 0 unspecified atom stereocenters. The highest BCUT2D eigenvalue weighted by Crippen LogP contribution is 2.61. The van der Waals surface area contributed by atoms with Crippen LogP contribution in [0.2, 0.25) is 6.04 Å². The molecule has 1 aromatic carbocycles. The highest BCUT2D eigenvalue weighted by atomic mass is 31.2. The van der Waals surface area contributed by atoms with Crippen LogP contribution in [0.15, 0.2) is 18.2 Å². The van der Waals surface area contributed by atoms with Crippen LogP contribution in [0.4, 0.5) is 0 Å². The maximum atomic E-state index is 10.5. The summed E-state index contributed by atoms with van der Waals surface area (Å²) in [6.07, 6.45) is 11.9. The van der Waals surface area contributed by atoms with Crippen molar-refractivity contribution >= 4 is 21.4 Å². The Morgan fingerprint density at radius 1 is 0.735 bits per heavy atom. The molecule has 1 rings (SSSR count). The Balaban J connectivity index is 3.11. The standard InChI is InChI=1S/C27H51O5PSi/c1-7-13-20-33(21-14-8-2,22-15-9-3)27-24-25(28)17-18-26(27)29-19-16-23-34(30-10-4,31-11-5)32-12-6/h17-18,24H,7-16,19-23H2,1-6H3/p+1. The highest BCUT2D eigenvalue weighted by Gasteiger charge is 2.42. The van der Waals surface area contributed by atoms with E-state index in [4.69, 9.17) is 18.0 Å². The van der Waals surface area contributed by atoms with Crippen LogP contribution in [-0.2, 0) is 13.3 Å². The SMILES string of the molecule is CCCC[P+](CCCC)(CCCC)c1cc(O)ccc1OCCC[Si](OCC)(OCC)OCC. The second-order valence-electron chi connectivity index (χ2n) is 8.96. The van der Waals surface area contributed by atoms with Crippen LogP contribution in [0, 0.1) is 0 Å². The fraction of sp³-hybridized carbons (Fsp3) is 0.778. The average molecular weight is 516 g/mol. The predicted molar refractivity (Wildman–Crippen MR) is 150 cm³/mol. The van der Waals surface area contributed by atoms with Gasteiger partial charge in [-0.2, -0.15) is 0 Å². The lowest BCUT2D eigenvalue weighted by atomic mass is 10.3. The zero-order chi connectivity index (χ0) is 25.3. The molecule has 0 heterocycles. The molecule has 0 aromatic heterocycles. The number of hydrogen-bond donors (Lipinski definition) is 1. The summed E-state index contributed by atoms with van der Waals surface area (Å²) in [6.45, 7) is 15.2. The second kappa shape index (κ2) is 17.7. The van der Waals surface area contributed by atoms with Gasteiger partial charge in [-0.25, -0.2) is 0 Å². The number of aromatic hydroxyl groups is 1. The summed E-state index contributed by atoms with van der Waals surface area (Å²) >= 11 is 0. The molecule has 0 aliphatic heterocycles. The normalized spacial score (nSPS) is 12.3. The molecule has 0 fully saturated rings. The molecule has 1 aromatic rings. The van der Waals surface area contributed by atoms with Gasteiger partial charge in [-0.1, -0.05) is 40.0 Å². The average Bonchev–Trinajstić information content (AvgIpc) is 2.83. The first-order valence-electron chi connectivity index (χ1n) is 13.7. The van der Waals surface area contributed by atoms with E-state index in [1.807, 2.05) is 32.9 Å². The largest absolute Gasteiger partial charge is 0.508 e. The molecule has 0 amide bonds. The van der Waals surface area contributed by atoms with Crippen molar-refractivity contribution < 1.29 is 23.1 Å². The summed E-state index contributed by atoms with van der Waals surface area (Å²) in [5.74, 6) is 1.32. The maximum Gasteiger partial charge on any atom is 0.501 e. The molecular formula is C27H52O5PSi+. The molecule has 5 nitrogen and oxygen atoms in total. The third-order valence-corrected chi connectivity index (χ3v) is 14.3. The molecule has 0 bridgehead atoms. The molecule has 198 valence electrons. The molecule has 7 heteroatoms. The quantitative estimate of drug-likeness (QED) is 0.106. The maximum absolute atomic E-state index is 10.5. The molecule has 0 aliphatic rings. The lowest BCUT2D eigenvalue weighted by Crippen LogP contribution is -2.46. The van der Waals surface area contributed by atoms with Crippen molar-refractivity contribution in [3.63, 3.8) is 0 Å². The van der Waals surface area contributed by atoms with Gasteiger partial charge in [-0.05, 0) is 58.6 Å². The first kappa shape index (κ1) is 31.4. The minimum absolute atomic E-state index is 0.353. The van der Waals surface area contributed by atoms with Crippen LogP contribution < -0.4 is 10.0 Å². The fourth-order valence-electron chi connectivity index (χ4n) is 4.55. The Labute approximate surface area is 211 Å². The lowest BCUT2D eigenvalue weighted by Gasteiger charge is -2.30. The molecule has 0 saturated carbocycles. The first-order chi connectivity index (χ1) is 16.5. The molecule has 34 heavy (non-hydrogen) atoms. The smallest absolute Gasteiger partial charge is 0.501 e. The van der Waals surface area contributed by atoms with Gasteiger partial charge in [0.1, 0.15) is 11.1 Å². The number of hydrogen-bond acceptors (Lipinski definition) is 5. The number of phenolic OH excluding ortho intramolecular Hbond substituents is 1. The number of phenols is 1. The molecule has 0 spiro atoms. The Kier molecular flexibility index (Phi) is 16.4. The summed E-state index contributed by atoms with van der Waals surface area (Å²) < 4.78 is 24.4. The van der Waals surface area contributed by atoms with Crippen molar-refractivity contribution in [3.8, 4) is 11.5 Å². The van der Waals surface area contributed by atoms with Crippen molar-refractivity contribution in [2.75, 3.05) is 44.9 Å². The van der Waals surface area contributed by atoms with Crippen LogP contribution in [-0.4, -0.2) is 58.8 Å². The Bertz CT molecular complexity index is 619. The predicted octanol–water partition coefficient (Wildman–Crippen LogP) is 7.25. The first-order valence-corrected chi connectivity index (χ1v) is 18.0. The molecule has 0 radical (unpaired) electrons. The van der Waals surface area contributed by atoms with Gasteiger partial charge >= 0.3 is 8.80 Å². The van der Waals surface area contributed by atoms with E-state index in [9.17, 15) is 5.11 Å². The van der Waals surface area contributed by atoms with E-state index >= 15 is 0 Å². The minimum atomic E-state index is -2.66. The van der Waals surface area contributed by atoms with E-state index in [2.05, 4.69) is 20.8 Å². The number of unbranched alkanes of at least 4 members (excludes halogenated alkanes) is 3. The monoisotopic (exact) mass is 515 g/mol. The van der Waals surface area contributed by atoms with Gasteiger partial charge in [0.05, 0.1) is 32.4 Å². The van der Waals surface area contributed by atoms with Gasteiger partial charge in [0.2, 0.25) is 0 Å². The lowest BCUT2D eigenvalue weighted by molar-refractivity contribution is 0.0697. The molecular weight excluding hydrogens is 463 g/mol. The Morgan fingerprint density at radius 3 is 1.68 bits per heavy atom. The molecule has 0 atom stereocenters. The van der Waals surface area contributed by atoms with Crippen LogP contribution in [0.25, 0.3) is 0 Å². The summed E-state index contributed by atoms with van der Waals surface area (Å²) in [4.78, 5) is 0. The zero-order valence-corrected chi connectivity index (χ0v) is 24.8. The zero-order valence-electron chi connectivity index (χ0n) is 22.9. The van der Waals surface area contributed by atoms with Gasteiger partial charge in [0.15, 0.2) is 5.75 Å². The topological polar surface area (TPSA) is 57.2 Å². The van der Waals surface area contributed by atoms with Gasteiger partial charge in [0.25, 0.3) is 0 Å². The number of rotatable bonds is 21. The van der Waals surface area contributed by atoms with Crippen molar-refractivity contribution in [2.24, 2.45) is 0 Å². The van der Waals surface area contributed by atoms with Crippen LogP contribution >= 0.6 is 7.26 Å². The summed E-state index contributed by atoms with van der Waals surface area (Å²) in [5, 5.41) is 11.7. The molecule has 1 N–H and O–H groups in total. The molecule has 0 saturated heterocycles. The van der Waals surface area contributed by atoms with E-state index in [0.29, 0.717) is 32.2 Å². The van der Waals surface area contributed by atoms with Crippen LogP contribution in [0.1, 0.15) is 86.5 Å². The van der Waals surface area contributed by atoms with Crippen molar-refractivity contribution in [1.29, 1.82) is 0 Å². The van der Waals surface area contributed by atoms with E-state index in [0.717, 1.165) is 18.2 Å². The van der Waals surface area contributed by atoms with Crippen molar-refractivity contribution in [1.82, 2.24) is 0 Å². The number of ether oxygens (including phenoxy) is 1. The Morgan fingerprint density at radius 2 is 1.24 bits per heavy atom. The third-order valence-electron chi connectivity index (χ3n) is 6.25. The van der Waals surface area contributed by atoms with E-state index in [1.165, 1.54) is 62.3 Å². The van der Waals surface area contributed by atoms with Crippen molar-refractivity contribution in [2.45, 2.75) is 92.5 Å². The third kappa shape index (κ3) is 10.1. The summed E-state index contributed by atoms with van der Waals surface area (Å²) in [6, 6.07) is 6.52. The second-order valence-corrected chi connectivity index (χ2v) is 15.8. The summed E-state index contributed by atoms with van der Waals surface area (Å²) in [7, 11) is -4.08. The molecule has 0 aliphatic carbocycles. The fourth-order valence-corrected chi connectivity index (χ4v) is 12.3. The highest BCUT2D eigenvalue weighted by molar-refractivity contribution is 7.83. The Hall–Kier alpha value is -0.653. The van der Waals surface area contributed by atoms with E-state index in [-0.39, 0.29) is 0 Å². The number of benzene rings is 1. The minimum Gasteiger partial charge on any atom is -0.508 e. The van der Waals surface area contributed by atoms with E-state index < -0.39 is 16.1 Å². The van der Waals surface area contributed by atoms with Crippen molar-refractivity contribution in [3.05, 3.63) is 18.2 Å². The van der Waals surface area contributed by atoms with Gasteiger partial charge in [-0.3, -0.25) is 0 Å². The van der Waals surface area contributed by atoms with Gasteiger partial charge < -0.3 is 23.1 Å². The van der Waals surface area contributed by atoms with Gasteiger partial charge in [0, 0.05) is 31.9 Å². The van der Waals surface area contributed by atoms with E-state index in [1.54, 1.807) is 6.07 Å².